The first-order valence-electron chi connectivity index (χ1n) is 10.2. The van der Waals surface area contributed by atoms with Crippen LogP contribution in [0.5, 0.6) is 0 Å². The second-order valence-electron chi connectivity index (χ2n) is 7.97. The highest BCUT2D eigenvalue weighted by Gasteiger charge is 2.44. The van der Waals surface area contributed by atoms with Gasteiger partial charge in [0.15, 0.2) is 0 Å². The Labute approximate surface area is 176 Å². The molecule has 152 valence electrons. The molecule has 2 aromatic carbocycles. The maximum absolute atomic E-state index is 12.8. The van der Waals surface area contributed by atoms with Crippen LogP contribution in [0.15, 0.2) is 48.5 Å². The molecule has 1 saturated carbocycles. The molecule has 2 aliphatic rings. The first kappa shape index (κ1) is 19.8. The summed E-state index contributed by atoms with van der Waals surface area (Å²) in [6.07, 6.45) is 4.25. The summed E-state index contributed by atoms with van der Waals surface area (Å²) in [4.78, 5) is 27.1. The van der Waals surface area contributed by atoms with Gasteiger partial charge in [-0.3, -0.25) is 9.59 Å². The fraction of sp³-hybridized carbons (Fsp3) is 0.391. The Bertz CT molecular complexity index is 890. The van der Waals surface area contributed by atoms with Crippen LogP contribution in [0.4, 0.5) is 5.69 Å². The molecule has 0 spiro atoms. The minimum absolute atomic E-state index is 0.0110. The Hall–Kier alpha value is -2.53. The number of nitrogens with one attached hydrogen (secondary N) is 2. The van der Waals surface area contributed by atoms with E-state index in [1.807, 2.05) is 23.1 Å². The summed E-state index contributed by atoms with van der Waals surface area (Å²) in [5, 5.41) is 6.69. The van der Waals surface area contributed by atoms with Crippen molar-refractivity contribution < 1.29 is 9.59 Å². The van der Waals surface area contributed by atoms with Gasteiger partial charge < -0.3 is 15.5 Å². The van der Waals surface area contributed by atoms with E-state index >= 15 is 0 Å². The lowest BCUT2D eigenvalue weighted by Gasteiger charge is -2.19. The number of rotatable bonds is 7. The van der Waals surface area contributed by atoms with Gasteiger partial charge in [0.05, 0.1) is 12.1 Å². The van der Waals surface area contributed by atoms with Crippen molar-refractivity contribution in [1.82, 2.24) is 10.2 Å². The van der Waals surface area contributed by atoms with Crippen LogP contribution < -0.4 is 10.6 Å². The van der Waals surface area contributed by atoms with Gasteiger partial charge in [0.1, 0.15) is 0 Å². The highest BCUT2D eigenvalue weighted by molar-refractivity contribution is 6.31. The maximum Gasteiger partial charge on any atom is 0.255 e. The number of halogens is 1. The number of nitrogens with zero attached hydrogens (tertiary/aromatic N) is 1. The highest BCUT2D eigenvalue weighted by Crippen LogP contribution is 2.47. The largest absolute Gasteiger partial charge is 0.375 e. The number of anilines is 1. The number of benzene rings is 2. The third-order valence-electron chi connectivity index (χ3n) is 5.91. The second-order valence-corrected chi connectivity index (χ2v) is 8.40. The SMILES string of the molecule is O=C(CNc1cc(Cl)ccc1C(=O)N1CCCC1)NCC1(c2ccccc2)CC1. The molecule has 29 heavy (non-hydrogen) atoms. The number of likely N-dealkylation sites (tertiary alicyclic amines) is 1. The maximum atomic E-state index is 12.8. The normalized spacial score (nSPS) is 17.1. The summed E-state index contributed by atoms with van der Waals surface area (Å²) >= 11 is 6.13. The molecule has 2 amide bonds. The molecule has 2 fully saturated rings. The molecule has 1 aliphatic heterocycles. The lowest BCUT2D eigenvalue weighted by molar-refractivity contribution is -0.119. The quantitative estimate of drug-likeness (QED) is 0.727. The molecule has 1 aliphatic carbocycles. The molecule has 0 bridgehead atoms. The van der Waals surface area contributed by atoms with E-state index in [4.69, 9.17) is 11.6 Å². The van der Waals surface area contributed by atoms with Crippen molar-refractivity contribution in [3.8, 4) is 0 Å². The molecular weight excluding hydrogens is 386 g/mol. The van der Waals surface area contributed by atoms with Crippen molar-refractivity contribution in [3.63, 3.8) is 0 Å². The van der Waals surface area contributed by atoms with E-state index in [-0.39, 0.29) is 23.8 Å². The fourth-order valence-corrected chi connectivity index (χ4v) is 4.13. The molecular formula is C23H26ClN3O2. The highest BCUT2D eigenvalue weighted by atomic mass is 35.5. The van der Waals surface area contributed by atoms with E-state index in [9.17, 15) is 9.59 Å². The van der Waals surface area contributed by atoms with Crippen molar-refractivity contribution in [1.29, 1.82) is 0 Å². The van der Waals surface area contributed by atoms with E-state index in [2.05, 4.69) is 22.8 Å². The third-order valence-corrected chi connectivity index (χ3v) is 6.14. The van der Waals surface area contributed by atoms with Crippen LogP contribution >= 0.6 is 11.6 Å². The summed E-state index contributed by atoms with van der Waals surface area (Å²) < 4.78 is 0. The molecule has 1 heterocycles. The van der Waals surface area contributed by atoms with E-state index < -0.39 is 0 Å². The monoisotopic (exact) mass is 411 g/mol. The molecule has 0 radical (unpaired) electrons. The lowest BCUT2D eigenvalue weighted by atomic mass is 9.96. The van der Waals surface area contributed by atoms with Crippen LogP contribution in [0.25, 0.3) is 0 Å². The fourth-order valence-electron chi connectivity index (χ4n) is 3.96. The average molecular weight is 412 g/mol. The Morgan fingerprint density at radius 1 is 1.03 bits per heavy atom. The summed E-state index contributed by atoms with van der Waals surface area (Å²) in [5.74, 6) is -0.102. The minimum Gasteiger partial charge on any atom is -0.375 e. The summed E-state index contributed by atoms with van der Waals surface area (Å²) in [6, 6.07) is 15.5. The zero-order valence-electron chi connectivity index (χ0n) is 16.4. The van der Waals surface area contributed by atoms with Gasteiger partial charge in [-0.25, -0.2) is 0 Å². The number of carbonyl (C=O) groups is 2. The van der Waals surface area contributed by atoms with Gasteiger partial charge in [0.2, 0.25) is 5.91 Å². The topological polar surface area (TPSA) is 61.4 Å². The van der Waals surface area contributed by atoms with Crippen LogP contribution in [0.1, 0.15) is 41.6 Å². The molecule has 6 heteroatoms. The van der Waals surface area contributed by atoms with Gasteiger partial charge in [-0.05, 0) is 49.4 Å². The Morgan fingerprint density at radius 3 is 2.45 bits per heavy atom. The van der Waals surface area contributed by atoms with E-state index in [0.717, 1.165) is 38.8 Å². The molecule has 0 atom stereocenters. The smallest absolute Gasteiger partial charge is 0.255 e. The van der Waals surface area contributed by atoms with Gasteiger partial charge in [-0.1, -0.05) is 41.9 Å². The lowest BCUT2D eigenvalue weighted by Crippen LogP contribution is -2.36. The molecule has 1 saturated heterocycles. The number of hydrogen-bond donors (Lipinski definition) is 2. The van der Waals surface area contributed by atoms with Crippen LogP contribution in [0.2, 0.25) is 5.02 Å². The standard InChI is InChI=1S/C23H26ClN3O2/c24-18-8-9-19(22(29)27-12-4-5-13-27)20(14-18)25-15-21(28)26-16-23(10-11-23)17-6-2-1-3-7-17/h1-3,6-9,14,25H,4-5,10-13,15-16H2,(H,26,28). The number of hydrogen-bond acceptors (Lipinski definition) is 3. The van der Waals surface area contributed by atoms with Gasteiger partial charge in [-0.15, -0.1) is 0 Å². The van der Waals surface area contributed by atoms with Gasteiger partial charge in [-0.2, -0.15) is 0 Å². The van der Waals surface area contributed by atoms with E-state index in [0.29, 0.717) is 22.8 Å². The van der Waals surface area contributed by atoms with Crippen molar-refractivity contribution >= 4 is 29.1 Å². The van der Waals surface area contributed by atoms with Gasteiger partial charge in [0, 0.05) is 35.8 Å². The van der Waals surface area contributed by atoms with Gasteiger partial charge >= 0.3 is 0 Å². The Morgan fingerprint density at radius 2 is 1.76 bits per heavy atom. The summed E-state index contributed by atoms with van der Waals surface area (Å²) in [5.41, 5.74) is 2.52. The van der Waals surface area contributed by atoms with Crippen LogP contribution in [0, 0.1) is 0 Å². The molecule has 4 rings (SSSR count). The van der Waals surface area contributed by atoms with Crippen molar-refractivity contribution in [3.05, 3.63) is 64.7 Å². The van der Waals surface area contributed by atoms with Crippen LogP contribution in [0.3, 0.4) is 0 Å². The summed E-state index contributed by atoms with van der Waals surface area (Å²) in [7, 11) is 0. The number of carbonyl (C=O) groups excluding carboxylic acids is 2. The second kappa shape index (κ2) is 8.46. The molecule has 0 aromatic heterocycles. The van der Waals surface area contributed by atoms with E-state index in [1.54, 1.807) is 18.2 Å². The van der Waals surface area contributed by atoms with Crippen molar-refractivity contribution in [2.45, 2.75) is 31.1 Å². The van der Waals surface area contributed by atoms with Crippen LogP contribution in [-0.2, 0) is 10.2 Å². The zero-order chi connectivity index (χ0) is 20.3. The predicted molar refractivity (Wildman–Crippen MR) is 115 cm³/mol. The minimum atomic E-state index is -0.0910. The molecule has 2 N–H and O–H groups in total. The van der Waals surface area contributed by atoms with Crippen LogP contribution in [-0.4, -0.2) is 42.9 Å². The van der Waals surface area contributed by atoms with Crippen molar-refractivity contribution in [2.24, 2.45) is 0 Å². The third kappa shape index (κ3) is 4.56. The molecule has 5 nitrogen and oxygen atoms in total. The predicted octanol–water partition coefficient (Wildman–Crippen LogP) is 3.84. The Kier molecular flexibility index (Phi) is 5.76. The van der Waals surface area contributed by atoms with Crippen molar-refractivity contribution in [2.75, 3.05) is 31.5 Å². The zero-order valence-corrected chi connectivity index (χ0v) is 17.2. The summed E-state index contributed by atoms with van der Waals surface area (Å²) in [6.45, 7) is 2.30. The molecule has 0 unspecified atom stereocenters. The number of amides is 2. The first-order valence-corrected chi connectivity index (χ1v) is 10.6. The van der Waals surface area contributed by atoms with Gasteiger partial charge in [0.25, 0.3) is 5.91 Å². The van der Waals surface area contributed by atoms with E-state index in [1.165, 1.54) is 5.56 Å². The Balaban J connectivity index is 1.36. The molecule has 2 aromatic rings. The average Bonchev–Trinajstić information content (AvgIpc) is 3.34. The first-order chi connectivity index (χ1) is 14.1.